The SMILES string of the molecule is CCCCOc1ccc(C=C2SC(S(=O)(=O)O)NC2=O)cc1. The lowest BCUT2D eigenvalue weighted by molar-refractivity contribution is -0.116. The molecule has 2 rings (SSSR count). The zero-order valence-electron chi connectivity index (χ0n) is 12.0. The first-order valence-electron chi connectivity index (χ1n) is 6.78. The van der Waals surface area contributed by atoms with Crippen molar-refractivity contribution in [1.82, 2.24) is 5.32 Å². The molecule has 0 saturated carbocycles. The molecule has 1 aliphatic rings. The first-order valence-corrected chi connectivity index (χ1v) is 9.17. The third-order valence-electron chi connectivity index (χ3n) is 2.92. The Hall–Kier alpha value is -1.51. The van der Waals surface area contributed by atoms with Crippen LogP contribution in [-0.2, 0) is 14.9 Å². The Kier molecular flexibility index (Phi) is 5.49. The predicted octanol–water partition coefficient (Wildman–Crippen LogP) is 2.24. The molecule has 6 nitrogen and oxygen atoms in total. The molecule has 1 fully saturated rings. The number of carbonyl (C=O) groups is 1. The second-order valence-electron chi connectivity index (χ2n) is 4.72. The van der Waals surface area contributed by atoms with Crippen LogP contribution in [0.25, 0.3) is 6.08 Å². The fourth-order valence-electron chi connectivity index (χ4n) is 1.76. The lowest BCUT2D eigenvalue weighted by Crippen LogP contribution is -2.31. The maximum atomic E-state index is 11.7. The van der Waals surface area contributed by atoms with E-state index in [9.17, 15) is 13.2 Å². The smallest absolute Gasteiger partial charge is 0.296 e. The molecule has 0 bridgehead atoms. The van der Waals surface area contributed by atoms with Crippen LogP contribution in [0.15, 0.2) is 29.2 Å². The molecule has 1 unspecified atom stereocenters. The highest BCUT2D eigenvalue weighted by atomic mass is 32.3. The van der Waals surface area contributed by atoms with Gasteiger partial charge in [-0.1, -0.05) is 37.2 Å². The molecule has 1 atom stereocenters. The molecule has 0 aliphatic carbocycles. The standard InChI is InChI=1S/C14H17NO5S2/c1-2-3-8-20-11-6-4-10(5-7-11)9-12-13(16)15-14(21-12)22(17,18)19/h4-7,9,14H,2-3,8H2,1H3,(H,15,16)(H,17,18,19). The number of rotatable bonds is 6. The summed E-state index contributed by atoms with van der Waals surface area (Å²) >= 11 is 0.773. The number of hydrogen-bond acceptors (Lipinski definition) is 5. The lowest BCUT2D eigenvalue weighted by atomic mass is 10.2. The second-order valence-corrected chi connectivity index (χ2v) is 7.66. The summed E-state index contributed by atoms with van der Waals surface area (Å²) in [6.45, 7) is 2.74. The van der Waals surface area contributed by atoms with Crippen LogP contribution < -0.4 is 10.1 Å². The van der Waals surface area contributed by atoms with Crippen LogP contribution in [-0.4, -0.2) is 30.2 Å². The van der Waals surface area contributed by atoms with E-state index in [0.29, 0.717) is 6.61 Å². The highest BCUT2D eigenvalue weighted by Crippen LogP contribution is 2.31. The molecule has 0 aromatic heterocycles. The van der Waals surface area contributed by atoms with Gasteiger partial charge in [0.2, 0.25) is 4.71 Å². The van der Waals surface area contributed by atoms with Gasteiger partial charge in [0.25, 0.3) is 16.0 Å². The molecule has 1 aromatic rings. The van der Waals surface area contributed by atoms with Gasteiger partial charge in [-0.25, -0.2) is 0 Å². The maximum absolute atomic E-state index is 11.7. The quantitative estimate of drug-likeness (QED) is 0.467. The van der Waals surface area contributed by atoms with Crippen molar-refractivity contribution in [3.63, 3.8) is 0 Å². The van der Waals surface area contributed by atoms with Crippen molar-refractivity contribution in [3.8, 4) is 5.75 Å². The molecule has 22 heavy (non-hydrogen) atoms. The summed E-state index contributed by atoms with van der Waals surface area (Å²) in [7, 11) is -4.31. The van der Waals surface area contributed by atoms with E-state index in [1.54, 1.807) is 30.3 Å². The van der Waals surface area contributed by atoms with Crippen molar-refractivity contribution in [2.45, 2.75) is 24.5 Å². The number of thioether (sulfide) groups is 1. The Bertz CT molecular complexity index is 667. The number of ether oxygens (including phenoxy) is 1. The van der Waals surface area contributed by atoms with Gasteiger partial charge in [0.1, 0.15) is 5.75 Å². The fourth-order valence-corrected chi connectivity index (χ4v) is 3.58. The Labute approximate surface area is 133 Å². The monoisotopic (exact) mass is 343 g/mol. The van der Waals surface area contributed by atoms with Crippen LogP contribution in [0.4, 0.5) is 0 Å². The van der Waals surface area contributed by atoms with Crippen molar-refractivity contribution in [1.29, 1.82) is 0 Å². The van der Waals surface area contributed by atoms with Crippen LogP contribution >= 0.6 is 11.8 Å². The van der Waals surface area contributed by atoms with Crippen LogP contribution in [0.1, 0.15) is 25.3 Å². The van der Waals surface area contributed by atoms with Crippen LogP contribution in [0.5, 0.6) is 5.75 Å². The van der Waals surface area contributed by atoms with Gasteiger partial charge in [-0.05, 0) is 30.2 Å². The predicted molar refractivity (Wildman–Crippen MR) is 85.9 cm³/mol. The van der Waals surface area contributed by atoms with Crippen molar-refractivity contribution in [3.05, 3.63) is 34.7 Å². The maximum Gasteiger partial charge on any atom is 0.296 e. The topological polar surface area (TPSA) is 92.7 Å². The van der Waals surface area contributed by atoms with Gasteiger partial charge in [0.15, 0.2) is 0 Å². The van der Waals surface area contributed by atoms with E-state index >= 15 is 0 Å². The molecule has 2 N–H and O–H groups in total. The molecule has 0 radical (unpaired) electrons. The number of benzene rings is 1. The Morgan fingerprint density at radius 1 is 1.36 bits per heavy atom. The molecule has 1 aromatic carbocycles. The molecular weight excluding hydrogens is 326 g/mol. The fraction of sp³-hybridized carbons (Fsp3) is 0.357. The van der Waals surface area contributed by atoms with Gasteiger partial charge in [0.05, 0.1) is 11.5 Å². The van der Waals surface area contributed by atoms with E-state index in [0.717, 1.165) is 35.9 Å². The normalized spacial score (nSPS) is 20.2. The molecule has 1 heterocycles. The summed E-state index contributed by atoms with van der Waals surface area (Å²) in [6.07, 6.45) is 3.62. The molecule has 1 saturated heterocycles. The van der Waals surface area contributed by atoms with E-state index in [1.807, 2.05) is 0 Å². The zero-order valence-corrected chi connectivity index (χ0v) is 13.6. The van der Waals surface area contributed by atoms with Gasteiger partial charge >= 0.3 is 0 Å². The molecule has 0 spiro atoms. The number of nitrogens with one attached hydrogen (secondary N) is 1. The van der Waals surface area contributed by atoms with Gasteiger partial charge in [-0.2, -0.15) is 8.42 Å². The minimum atomic E-state index is -4.31. The molecule has 120 valence electrons. The van der Waals surface area contributed by atoms with Crippen molar-refractivity contribution in [2.24, 2.45) is 0 Å². The first-order chi connectivity index (χ1) is 10.4. The first kappa shape index (κ1) is 16.9. The van der Waals surface area contributed by atoms with Gasteiger partial charge in [-0.15, -0.1) is 0 Å². The Balaban J connectivity index is 2.05. The molecular formula is C14H17NO5S2. The van der Waals surface area contributed by atoms with Crippen molar-refractivity contribution in [2.75, 3.05) is 6.61 Å². The zero-order chi connectivity index (χ0) is 16.2. The lowest BCUT2D eigenvalue weighted by Gasteiger charge is -2.05. The third-order valence-corrected chi connectivity index (χ3v) is 5.49. The highest BCUT2D eigenvalue weighted by molar-refractivity contribution is 8.15. The van der Waals surface area contributed by atoms with E-state index in [4.69, 9.17) is 9.29 Å². The van der Waals surface area contributed by atoms with Gasteiger partial charge in [-0.3, -0.25) is 9.35 Å². The summed E-state index contributed by atoms with van der Waals surface area (Å²) in [6, 6.07) is 7.14. The molecule has 1 amide bonds. The molecule has 8 heteroatoms. The minimum absolute atomic E-state index is 0.238. The van der Waals surface area contributed by atoms with Crippen LogP contribution in [0, 0.1) is 0 Å². The van der Waals surface area contributed by atoms with E-state index in [2.05, 4.69) is 12.2 Å². The summed E-state index contributed by atoms with van der Waals surface area (Å²) < 4.78 is 35.2. The minimum Gasteiger partial charge on any atom is -0.494 e. The van der Waals surface area contributed by atoms with Gasteiger partial charge in [0, 0.05) is 0 Å². The van der Waals surface area contributed by atoms with E-state index < -0.39 is 20.7 Å². The van der Waals surface area contributed by atoms with Crippen LogP contribution in [0.2, 0.25) is 0 Å². The summed E-state index contributed by atoms with van der Waals surface area (Å²) in [5, 5.41) is 2.20. The Morgan fingerprint density at radius 3 is 2.59 bits per heavy atom. The number of carbonyl (C=O) groups excluding carboxylic acids is 1. The van der Waals surface area contributed by atoms with Gasteiger partial charge < -0.3 is 10.1 Å². The van der Waals surface area contributed by atoms with E-state index in [-0.39, 0.29) is 4.91 Å². The average Bonchev–Trinajstić information content (AvgIpc) is 2.82. The summed E-state index contributed by atoms with van der Waals surface area (Å²) in [4.78, 5) is 11.9. The highest BCUT2D eigenvalue weighted by Gasteiger charge is 2.35. The largest absolute Gasteiger partial charge is 0.494 e. The molecule has 1 aliphatic heterocycles. The third kappa shape index (κ3) is 4.49. The summed E-state index contributed by atoms with van der Waals surface area (Å²) in [5.41, 5.74) is 0.747. The number of amides is 1. The van der Waals surface area contributed by atoms with Crippen molar-refractivity contribution >= 4 is 33.9 Å². The van der Waals surface area contributed by atoms with Crippen molar-refractivity contribution < 1.29 is 22.5 Å². The number of unbranched alkanes of at least 4 members (excludes halogenated alkanes) is 1. The van der Waals surface area contributed by atoms with E-state index in [1.165, 1.54) is 0 Å². The second kappa shape index (κ2) is 7.17. The average molecular weight is 343 g/mol. The Morgan fingerprint density at radius 2 is 2.05 bits per heavy atom. The number of hydrogen-bond donors (Lipinski definition) is 2. The summed E-state index contributed by atoms with van der Waals surface area (Å²) in [5.74, 6) is 0.228. The van der Waals surface area contributed by atoms with Crippen LogP contribution in [0.3, 0.4) is 0 Å².